The summed E-state index contributed by atoms with van der Waals surface area (Å²) in [6, 6.07) is 6.68. The van der Waals surface area contributed by atoms with Gasteiger partial charge in [0.25, 0.3) is 0 Å². The largest absolute Gasteiger partial charge is 0.371 e. The molecule has 0 fully saturated rings. The van der Waals surface area contributed by atoms with Gasteiger partial charge in [0.2, 0.25) is 5.91 Å². The van der Waals surface area contributed by atoms with E-state index in [0.717, 1.165) is 0 Å². The summed E-state index contributed by atoms with van der Waals surface area (Å²) in [6.07, 6.45) is 0. The number of carbonyl (C=O) groups excluding carboxylic acids is 2. The van der Waals surface area contributed by atoms with E-state index in [1.165, 1.54) is 6.92 Å². The minimum absolute atomic E-state index is 0.000113. The number of benzene rings is 1. The normalized spacial score (nSPS) is 11.2. The lowest BCUT2D eigenvalue weighted by Crippen LogP contribution is -2.38. The number of nitrogens with one attached hydrogen (secondary N) is 1. The summed E-state index contributed by atoms with van der Waals surface area (Å²) in [7, 11) is 0. The smallest absolute Gasteiger partial charge is 0.221 e. The van der Waals surface area contributed by atoms with Crippen molar-refractivity contribution in [2.45, 2.75) is 26.3 Å². The molecule has 0 unspecified atom stereocenters. The highest BCUT2D eigenvalue weighted by Gasteiger charge is 2.12. The van der Waals surface area contributed by atoms with Crippen LogP contribution in [-0.4, -0.2) is 30.4 Å². The Hall–Kier alpha value is -1.72. The van der Waals surface area contributed by atoms with Crippen molar-refractivity contribution >= 4 is 17.4 Å². The fourth-order valence-electron chi connectivity index (χ4n) is 1.43. The second-order valence-electron chi connectivity index (χ2n) is 5.16. The van der Waals surface area contributed by atoms with Gasteiger partial charge in [-0.15, -0.1) is 0 Å². The van der Waals surface area contributed by atoms with Gasteiger partial charge in [0.15, 0.2) is 5.78 Å². The summed E-state index contributed by atoms with van der Waals surface area (Å²) in [4.78, 5) is 22.7. The number of ether oxygens (including phenoxy) is 1. The number of ketones is 1. The molecular weight excluding hydrogens is 244 g/mol. The third-order valence-electron chi connectivity index (χ3n) is 2.23. The van der Waals surface area contributed by atoms with E-state index >= 15 is 0 Å². The van der Waals surface area contributed by atoms with Gasteiger partial charge in [0, 0.05) is 23.7 Å². The third-order valence-corrected chi connectivity index (χ3v) is 2.23. The van der Waals surface area contributed by atoms with Crippen molar-refractivity contribution in [2.24, 2.45) is 5.73 Å². The van der Waals surface area contributed by atoms with E-state index < -0.39 is 5.54 Å². The number of hydrogen-bond acceptors (Lipinski definition) is 4. The Kier molecular flexibility index (Phi) is 5.20. The van der Waals surface area contributed by atoms with Crippen LogP contribution < -0.4 is 11.1 Å². The zero-order valence-electron chi connectivity index (χ0n) is 11.5. The van der Waals surface area contributed by atoms with Crippen LogP contribution in [0.5, 0.6) is 0 Å². The van der Waals surface area contributed by atoms with Gasteiger partial charge in [-0.3, -0.25) is 9.59 Å². The maximum absolute atomic E-state index is 11.8. The molecule has 0 saturated carbocycles. The molecule has 0 heterocycles. The lowest BCUT2D eigenvalue weighted by Gasteiger charge is -2.17. The molecule has 0 saturated heterocycles. The minimum atomic E-state index is -0.449. The summed E-state index contributed by atoms with van der Waals surface area (Å²) in [5.74, 6) is -0.258. The van der Waals surface area contributed by atoms with Crippen molar-refractivity contribution < 1.29 is 14.3 Å². The van der Waals surface area contributed by atoms with Crippen LogP contribution in [0.1, 0.15) is 31.1 Å². The molecule has 1 rings (SSSR count). The molecule has 3 N–H and O–H groups in total. The highest BCUT2D eigenvalue weighted by molar-refractivity contribution is 5.97. The second kappa shape index (κ2) is 6.45. The maximum Gasteiger partial charge on any atom is 0.221 e. The molecule has 104 valence electrons. The predicted octanol–water partition coefficient (Wildman–Crippen LogP) is 1.58. The summed E-state index contributed by atoms with van der Waals surface area (Å²) in [6.45, 7) is 5.42. The van der Waals surface area contributed by atoms with Crippen LogP contribution in [0.3, 0.4) is 0 Å². The van der Waals surface area contributed by atoms with E-state index in [0.29, 0.717) is 17.9 Å². The molecule has 0 atom stereocenters. The summed E-state index contributed by atoms with van der Waals surface area (Å²) >= 11 is 0. The first kappa shape index (κ1) is 15.3. The van der Waals surface area contributed by atoms with Crippen LogP contribution in [0.2, 0.25) is 0 Å². The van der Waals surface area contributed by atoms with Gasteiger partial charge in [0.1, 0.15) is 6.61 Å². The van der Waals surface area contributed by atoms with Gasteiger partial charge < -0.3 is 15.8 Å². The summed E-state index contributed by atoms with van der Waals surface area (Å²) in [5.41, 5.74) is 6.51. The molecule has 0 radical (unpaired) electrons. The Morgan fingerprint density at radius 3 is 2.32 bits per heavy atom. The predicted molar refractivity (Wildman–Crippen MR) is 74.2 cm³/mol. The molecule has 19 heavy (non-hydrogen) atoms. The van der Waals surface area contributed by atoms with Crippen LogP contribution in [0, 0.1) is 0 Å². The lowest BCUT2D eigenvalue weighted by molar-refractivity contribution is -0.114. The number of amides is 1. The van der Waals surface area contributed by atoms with Crippen molar-refractivity contribution in [3.05, 3.63) is 29.8 Å². The zero-order valence-corrected chi connectivity index (χ0v) is 11.5. The number of hydrogen-bond donors (Lipinski definition) is 2. The van der Waals surface area contributed by atoms with Crippen LogP contribution in [0.15, 0.2) is 24.3 Å². The molecule has 0 aromatic heterocycles. The van der Waals surface area contributed by atoms with Gasteiger partial charge in [-0.2, -0.15) is 0 Å². The zero-order chi connectivity index (χ0) is 14.5. The number of nitrogens with two attached hydrogens (primary N) is 1. The molecule has 0 aliphatic rings. The maximum atomic E-state index is 11.8. The van der Waals surface area contributed by atoms with Crippen LogP contribution in [-0.2, 0) is 9.53 Å². The van der Waals surface area contributed by atoms with Gasteiger partial charge in [0.05, 0.1) is 6.61 Å². The lowest BCUT2D eigenvalue weighted by atomic mass is 10.1. The highest BCUT2D eigenvalue weighted by Crippen LogP contribution is 2.10. The third kappa shape index (κ3) is 6.13. The number of rotatable bonds is 6. The molecule has 0 bridgehead atoms. The Morgan fingerprint density at radius 2 is 1.84 bits per heavy atom. The Morgan fingerprint density at radius 1 is 1.26 bits per heavy atom. The first-order valence-corrected chi connectivity index (χ1v) is 6.05. The van der Waals surface area contributed by atoms with Crippen molar-refractivity contribution in [3.8, 4) is 0 Å². The SMILES string of the molecule is CC(=O)Nc1ccc(C(=O)COCC(C)(C)N)cc1. The van der Waals surface area contributed by atoms with Gasteiger partial charge in [-0.05, 0) is 38.1 Å². The molecule has 5 nitrogen and oxygen atoms in total. The quantitative estimate of drug-likeness (QED) is 0.764. The highest BCUT2D eigenvalue weighted by atomic mass is 16.5. The van der Waals surface area contributed by atoms with E-state index in [1.807, 2.05) is 13.8 Å². The molecule has 5 heteroatoms. The molecule has 1 amide bonds. The van der Waals surface area contributed by atoms with Crippen molar-refractivity contribution in [1.29, 1.82) is 0 Å². The average Bonchev–Trinajstić information content (AvgIpc) is 2.27. The Labute approximate surface area is 113 Å². The minimum Gasteiger partial charge on any atom is -0.371 e. The van der Waals surface area contributed by atoms with E-state index in [1.54, 1.807) is 24.3 Å². The molecule has 0 aliphatic heterocycles. The number of carbonyl (C=O) groups is 2. The monoisotopic (exact) mass is 264 g/mol. The van der Waals surface area contributed by atoms with E-state index in [9.17, 15) is 9.59 Å². The number of Topliss-reactive ketones (excluding diaryl/α,β-unsaturated/α-hetero) is 1. The summed E-state index contributed by atoms with van der Waals surface area (Å²) < 4.78 is 5.26. The van der Waals surface area contributed by atoms with Gasteiger partial charge >= 0.3 is 0 Å². The average molecular weight is 264 g/mol. The molecule has 0 aliphatic carbocycles. The van der Waals surface area contributed by atoms with E-state index in [4.69, 9.17) is 10.5 Å². The standard InChI is InChI=1S/C14H20N2O3/c1-10(17)16-12-6-4-11(5-7-12)13(18)8-19-9-14(2,3)15/h4-7H,8-9,15H2,1-3H3,(H,16,17). The summed E-state index contributed by atoms with van der Waals surface area (Å²) in [5, 5.41) is 2.64. The van der Waals surface area contributed by atoms with Crippen LogP contribution >= 0.6 is 0 Å². The molecule has 0 spiro atoms. The first-order chi connectivity index (χ1) is 8.78. The van der Waals surface area contributed by atoms with Gasteiger partial charge in [-0.25, -0.2) is 0 Å². The number of anilines is 1. The topological polar surface area (TPSA) is 81.4 Å². The first-order valence-electron chi connectivity index (χ1n) is 6.05. The molecular formula is C14H20N2O3. The fraction of sp³-hybridized carbons (Fsp3) is 0.429. The van der Waals surface area contributed by atoms with Crippen molar-refractivity contribution in [3.63, 3.8) is 0 Å². The van der Waals surface area contributed by atoms with E-state index in [2.05, 4.69) is 5.32 Å². The molecule has 1 aromatic carbocycles. The fourth-order valence-corrected chi connectivity index (χ4v) is 1.43. The van der Waals surface area contributed by atoms with Gasteiger partial charge in [-0.1, -0.05) is 0 Å². The van der Waals surface area contributed by atoms with Crippen molar-refractivity contribution in [1.82, 2.24) is 0 Å². The van der Waals surface area contributed by atoms with Crippen LogP contribution in [0.4, 0.5) is 5.69 Å². The Balaban J connectivity index is 2.51. The van der Waals surface area contributed by atoms with Crippen LogP contribution in [0.25, 0.3) is 0 Å². The van der Waals surface area contributed by atoms with Crippen molar-refractivity contribution in [2.75, 3.05) is 18.5 Å². The molecule has 1 aromatic rings. The second-order valence-corrected chi connectivity index (χ2v) is 5.16. The van der Waals surface area contributed by atoms with E-state index in [-0.39, 0.29) is 18.3 Å². The Bertz CT molecular complexity index is 447.